The first kappa shape index (κ1) is 21.3. The van der Waals surface area contributed by atoms with Gasteiger partial charge in [-0.15, -0.1) is 0 Å². The molecule has 0 N–H and O–H groups in total. The maximum atomic E-state index is 13.7. The van der Waals surface area contributed by atoms with E-state index >= 15 is 0 Å². The lowest BCUT2D eigenvalue weighted by atomic mass is 9.98. The zero-order valence-corrected chi connectivity index (χ0v) is 17.5. The summed E-state index contributed by atoms with van der Waals surface area (Å²) in [6.07, 6.45) is -1.55. The number of fused-ring (bicyclic) bond motifs is 1. The van der Waals surface area contributed by atoms with Crippen molar-refractivity contribution in [2.24, 2.45) is 0 Å². The van der Waals surface area contributed by atoms with Crippen LogP contribution in [-0.2, 0) is 19.3 Å². The normalized spacial score (nSPS) is 17.1. The molecule has 2 aromatic carbocycles. The molecule has 164 valence electrons. The van der Waals surface area contributed by atoms with Gasteiger partial charge in [0.15, 0.2) is 11.5 Å². The molecular weight excluding hydrogens is 405 g/mol. The first-order chi connectivity index (χ1) is 14.9. The van der Waals surface area contributed by atoms with Gasteiger partial charge in [0.25, 0.3) is 0 Å². The molecular formula is C24H25F3N2O2. The number of aromatic nitrogens is 1. The molecule has 0 saturated heterocycles. The van der Waals surface area contributed by atoms with Crippen molar-refractivity contribution in [2.75, 3.05) is 20.8 Å². The lowest BCUT2D eigenvalue weighted by Gasteiger charge is -2.32. The lowest BCUT2D eigenvalue weighted by Crippen LogP contribution is -2.30. The van der Waals surface area contributed by atoms with Crippen molar-refractivity contribution >= 4 is 0 Å². The Morgan fingerprint density at radius 3 is 2.48 bits per heavy atom. The van der Waals surface area contributed by atoms with E-state index in [1.54, 1.807) is 26.4 Å². The van der Waals surface area contributed by atoms with Crippen LogP contribution >= 0.6 is 0 Å². The number of para-hydroxylation sites is 1. The molecule has 0 radical (unpaired) electrons. The standard InChI is InChI=1S/C24H25F3N2O2/c1-30-21-12-5-9-18(23(21)31-2)22-20-11-6-13-28(20)14-7-15-29(22)16-17-8-3-4-10-19(17)24(25,26)27/h3-6,8-13,22H,7,14-16H2,1-2H3. The van der Waals surface area contributed by atoms with Crippen LogP contribution in [0.25, 0.3) is 0 Å². The van der Waals surface area contributed by atoms with Crippen molar-refractivity contribution in [1.82, 2.24) is 9.47 Å². The summed E-state index contributed by atoms with van der Waals surface area (Å²) in [5, 5.41) is 0. The molecule has 31 heavy (non-hydrogen) atoms. The molecule has 0 fully saturated rings. The summed E-state index contributed by atoms with van der Waals surface area (Å²) in [7, 11) is 3.16. The molecule has 1 unspecified atom stereocenters. The Morgan fingerprint density at radius 2 is 1.74 bits per heavy atom. The van der Waals surface area contributed by atoms with Crippen LogP contribution in [-0.4, -0.2) is 30.2 Å². The Bertz CT molecular complexity index is 1050. The summed E-state index contributed by atoms with van der Waals surface area (Å²) in [6, 6.07) is 15.2. The number of aryl methyl sites for hydroxylation is 1. The summed E-state index contributed by atoms with van der Waals surface area (Å²) in [4.78, 5) is 2.10. The number of rotatable bonds is 5. The molecule has 0 saturated carbocycles. The van der Waals surface area contributed by atoms with E-state index in [9.17, 15) is 13.2 Å². The molecule has 0 spiro atoms. The first-order valence-corrected chi connectivity index (χ1v) is 10.2. The van der Waals surface area contributed by atoms with Crippen LogP contribution in [0, 0.1) is 0 Å². The van der Waals surface area contributed by atoms with Gasteiger partial charge in [0.05, 0.1) is 25.8 Å². The topological polar surface area (TPSA) is 26.6 Å². The maximum absolute atomic E-state index is 13.7. The van der Waals surface area contributed by atoms with Crippen molar-refractivity contribution in [3.63, 3.8) is 0 Å². The molecule has 7 heteroatoms. The van der Waals surface area contributed by atoms with Crippen LogP contribution in [0.1, 0.15) is 34.8 Å². The summed E-state index contributed by atoms with van der Waals surface area (Å²) in [5.41, 5.74) is 1.56. The third-order valence-corrected chi connectivity index (χ3v) is 5.78. The number of alkyl halides is 3. The Balaban J connectivity index is 1.83. The molecule has 4 rings (SSSR count). The average Bonchev–Trinajstić information content (AvgIpc) is 3.14. The molecule has 0 bridgehead atoms. The third kappa shape index (κ3) is 4.14. The Kier molecular flexibility index (Phi) is 5.96. The second kappa shape index (κ2) is 8.67. The fraction of sp³-hybridized carbons (Fsp3) is 0.333. The van der Waals surface area contributed by atoms with E-state index in [0.29, 0.717) is 18.0 Å². The minimum atomic E-state index is -4.40. The summed E-state index contributed by atoms with van der Waals surface area (Å²) in [5.74, 6) is 1.19. The maximum Gasteiger partial charge on any atom is 0.416 e. The molecule has 2 heterocycles. The Morgan fingerprint density at radius 1 is 0.935 bits per heavy atom. The van der Waals surface area contributed by atoms with Gasteiger partial charge in [-0.25, -0.2) is 0 Å². The van der Waals surface area contributed by atoms with Crippen molar-refractivity contribution in [3.8, 4) is 11.5 Å². The number of halogens is 3. The van der Waals surface area contributed by atoms with Gasteiger partial charge in [-0.1, -0.05) is 30.3 Å². The van der Waals surface area contributed by atoms with Crippen molar-refractivity contribution in [1.29, 1.82) is 0 Å². The van der Waals surface area contributed by atoms with Gasteiger partial charge in [-0.3, -0.25) is 4.90 Å². The van der Waals surface area contributed by atoms with Gasteiger partial charge in [0.1, 0.15) is 0 Å². The van der Waals surface area contributed by atoms with Crippen LogP contribution in [0.4, 0.5) is 13.2 Å². The number of hydrogen-bond acceptors (Lipinski definition) is 3. The van der Waals surface area contributed by atoms with E-state index in [1.807, 2.05) is 36.5 Å². The molecule has 0 aliphatic carbocycles. The zero-order valence-electron chi connectivity index (χ0n) is 17.5. The number of methoxy groups -OCH3 is 2. The van der Waals surface area contributed by atoms with Crippen LogP contribution in [0.15, 0.2) is 60.8 Å². The predicted molar refractivity (Wildman–Crippen MR) is 112 cm³/mol. The monoisotopic (exact) mass is 430 g/mol. The van der Waals surface area contributed by atoms with Crippen LogP contribution in [0.3, 0.4) is 0 Å². The van der Waals surface area contributed by atoms with Crippen molar-refractivity contribution in [2.45, 2.75) is 31.7 Å². The molecule has 1 aliphatic rings. The lowest BCUT2D eigenvalue weighted by molar-refractivity contribution is -0.138. The molecule has 0 amide bonds. The molecule has 4 nitrogen and oxygen atoms in total. The smallest absolute Gasteiger partial charge is 0.416 e. The minimum Gasteiger partial charge on any atom is -0.493 e. The SMILES string of the molecule is COc1cccc(C2c3cccn3CCCN2Cc2ccccc2C(F)(F)F)c1OC. The molecule has 1 aliphatic heterocycles. The Hall–Kier alpha value is -2.93. The third-order valence-electron chi connectivity index (χ3n) is 5.78. The largest absolute Gasteiger partial charge is 0.493 e. The number of hydrogen-bond donors (Lipinski definition) is 0. The van der Waals surface area contributed by atoms with E-state index in [1.165, 1.54) is 6.07 Å². The van der Waals surface area contributed by atoms with Gasteiger partial charge < -0.3 is 14.0 Å². The highest BCUT2D eigenvalue weighted by atomic mass is 19.4. The van der Waals surface area contributed by atoms with Gasteiger partial charge in [-0.05, 0) is 36.2 Å². The van der Waals surface area contributed by atoms with E-state index in [2.05, 4.69) is 9.47 Å². The highest BCUT2D eigenvalue weighted by Gasteiger charge is 2.35. The van der Waals surface area contributed by atoms with Crippen molar-refractivity contribution < 1.29 is 22.6 Å². The second-order valence-corrected chi connectivity index (χ2v) is 7.59. The van der Waals surface area contributed by atoms with Gasteiger partial charge in [0, 0.05) is 37.1 Å². The molecule has 1 atom stereocenters. The van der Waals surface area contributed by atoms with Gasteiger partial charge in [0.2, 0.25) is 0 Å². The second-order valence-electron chi connectivity index (χ2n) is 7.59. The minimum absolute atomic E-state index is 0.173. The molecule has 1 aromatic heterocycles. The predicted octanol–water partition coefficient (Wildman–Crippen LogP) is 5.52. The van der Waals surface area contributed by atoms with Crippen LogP contribution in [0.2, 0.25) is 0 Å². The van der Waals surface area contributed by atoms with E-state index < -0.39 is 11.7 Å². The van der Waals surface area contributed by atoms with Gasteiger partial charge in [-0.2, -0.15) is 13.2 Å². The van der Waals surface area contributed by atoms with E-state index in [-0.39, 0.29) is 18.2 Å². The van der Waals surface area contributed by atoms with E-state index in [0.717, 1.165) is 30.3 Å². The highest BCUT2D eigenvalue weighted by molar-refractivity contribution is 5.50. The van der Waals surface area contributed by atoms with E-state index in [4.69, 9.17) is 9.47 Å². The molecule has 3 aromatic rings. The first-order valence-electron chi connectivity index (χ1n) is 10.2. The van der Waals surface area contributed by atoms with Gasteiger partial charge >= 0.3 is 6.18 Å². The quantitative estimate of drug-likeness (QED) is 0.533. The van der Waals surface area contributed by atoms with Crippen molar-refractivity contribution in [3.05, 3.63) is 83.2 Å². The number of benzene rings is 2. The summed E-state index contributed by atoms with van der Waals surface area (Å²) in [6.45, 7) is 1.63. The van der Waals surface area contributed by atoms with Crippen LogP contribution < -0.4 is 9.47 Å². The zero-order chi connectivity index (χ0) is 22.0. The Labute approximate surface area is 179 Å². The highest BCUT2D eigenvalue weighted by Crippen LogP contribution is 2.42. The fourth-order valence-corrected chi connectivity index (χ4v) is 4.45. The average molecular weight is 430 g/mol. The number of ether oxygens (including phenoxy) is 2. The fourth-order valence-electron chi connectivity index (χ4n) is 4.45. The van der Waals surface area contributed by atoms with Crippen LogP contribution in [0.5, 0.6) is 11.5 Å². The number of nitrogens with zero attached hydrogens (tertiary/aromatic N) is 2. The summed E-state index contributed by atoms with van der Waals surface area (Å²) < 4.78 is 54.3. The summed E-state index contributed by atoms with van der Waals surface area (Å²) >= 11 is 0.